The first-order valence-corrected chi connectivity index (χ1v) is 10.2. The highest BCUT2D eigenvalue weighted by molar-refractivity contribution is 7.89. The van der Waals surface area contributed by atoms with Gasteiger partial charge in [0, 0.05) is 26.1 Å². The Morgan fingerprint density at radius 2 is 1.83 bits per heavy atom. The fraction of sp³-hybridized carbons (Fsp3) is 0.611. The van der Waals surface area contributed by atoms with Crippen LogP contribution in [0.2, 0.25) is 0 Å². The van der Waals surface area contributed by atoms with Gasteiger partial charge in [-0.05, 0) is 50.7 Å². The molecule has 1 amide bonds. The van der Waals surface area contributed by atoms with Crippen molar-refractivity contribution >= 4 is 15.9 Å². The van der Waals surface area contributed by atoms with Crippen molar-refractivity contribution < 1.29 is 13.2 Å². The zero-order valence-corrected chi connectivity index (χ0v) is 15.4. The predicted molar refractivity (Wildman–Crippen MR) is 95.2 cm³/mol. The topological polar surface area (TPSA) is 66.5 Å². The molecule has 0 radical (unpaired) electrons. The SMILES string of the molecule is CCCNC(=O)CCC1CCN(S(=O)(=O)c2ccc(C)cc2)CC1. The van der Waals surface area contributed by atoms with Crippen molar-refractivity contribution in [1.82, 2.24) is 9.62 Å². The minimum atomic E-state index is -3.39. The second-order valence-electron chi connectivity index (χ2n) is 6.55. The van der Waals surface area contributed by atoms with Crippen LogP contribution in [0.1, 0.15) is 44.6 Å². The lowest BCUT2D eigenvalue weighted by Crippen LogP contribution is -2.38. The van der Waals surface area contributed by atoms with Gasteiger partial charge in [-0.15, -0.1) is 0 Å². The first kappa shape index (κ1) is 18.9. The maximum absolute atomic E-state index is 12.7. The molecule has 2 rings (SSSR count). The van der Waals surface area contributed by atoms with E-state index >= 15 is 0 Å². The third kappa shape index (κ3) is 5.05. The van der Waals surface area contributed by atoms with Gasteiger partial charge in [-0.3, -0.25) is 4.79 Å². The summed E-state index contributed by atoms with van der Waals surface area (Å²) in [6, 6.07) is 7.01. The summed E-state index contributed by atoms with van der Waals surface area (Å²) in [6.45, 7) is 5.78. The molecule has 24 heavy (non-hydrogen) atoms. The number of sulfonamides is 1. The molecule has 0 atom stereocenters. The van der Waals surface area contributed by atoms with E-state index in [1.54, 1.807) is 16.4 Å². The monoisotopic (exact) mass is 352 g/mol. The van der Waals surface area contributed by atoms with Gasteiger partial charge < -0.3 is 5.32 Å². The number of hydrogen-bond acceptors (Lipinski definition) is 3. The van der Waals surface area contributed by atoms with Crippen LogP contribution < -0.4 is 5.32 Å². The highest BCUT2D eigenvalue weighted by atomic mass is 32.2. The van der Waals surface area contributed by atoms with E-state index in [1.807, 2.05) is 26.0 Å². The zero-order valence-electron chi connectivity index (χ0n) is 14.6. The van der Waals surface area contributed by atoms with Crippen LogP contribution in [0.25, 0.3) is 0 Å². The fourth-order valence-corrected chi connectivity index (χ4v) is 4.46. The molecule has 1 saturated heterocycles. The molecular formula is C18H28N2O3S. The second kappa shape index (κ2) is 8.62. The van der Waals surface area contributed by atoms with Crippen LogP contribution in [0.3, 0.4) is 0 Å². The van der Waals surface area contributed by atoms with Gasteiger partial charge in [0.15, 0.2) is 0 Å². The minimum Gasteiger partial charge on any atom is -0.356 e. The van der Waals surface area contributed by atoms with Crippen LogP contribution >= 0.6 is 0 Å². The number of hydrogen-bond donors (Lipinski definition) is 1. The Labute approximate surface area is 145 Å². The van der Waals surface area contributed by atoms with Crippen molar-refractivity contribution in [3.05, 3.63) is 29.8 Å². The van der Waals surface area contributed by atoms with E-state index in [2.05, 4.69) is 5.32 Å². The standard InChI is InChI=1S/C18H28N2O3S/c1-3-12-19-18(21)9-6-16-10-13-20(14-11-16)24(22,23)17-7-4-15(2)5-8-17/h4-5,7-8,16H,3,6,9-14H2,1-2H3,(H,19,21). The molecule has 1 aromatic rings. The van der Waals surface area contributed by atoms with Crippen LogP contribution in [0.4, 0.5) is 0 Å². The summed E-state index contributed by atoms with van der Waals surface area (Å²) in [5.74, 6) is 0.536. The number of rotatable bonds is 7. The van der Waals surface area contributed by atoms with Crippen LogP contribution in [0.15, 0.2) is 29.2 Å². The second-order valence-corrected chi connectivity index (χ2v) is 8.49. The average Bonchev–Trinajstić information content (AvgIpc) is 2.59. The van der Waals surface area contributed by atoms with E-state index in [9.17, 15) is 13.2 Å². The number of carbonyl (C=O) groups excluding carboxylic acids is 1. The van der Waals surface area contributed by atoms with Gasteiger partial charge in [-0.2, -0.15) is 4.31 Å². The maximum atomic E-state index is 12.7. The molecule has 1 aromatic carbocycles. The first-order chi connectivity index (χ1) is 11.4. The number of aryl methyl sites for hydroxylation is 1. The lowest BCUT2D eigenvalue weighted by Gasteiger charge is -2.31. The summed E-state index contributed by atoms with van der Waals surface area (Å²) in [5, 5.41) is 2.89. The molecule has 1 aliphatic rings. The van der Waals surface area contributed by atoms with Gasteiger partial charge in [-0.25, -0.2) is 8.42 Å². The molecule has 1 N–H and O–H groups in total. The summed E-state index contributed by atoms with van der Waals surface area (Å²) < 4.78 is 26.9. The van der Waals surface area contributed by atoms with E-state index in [0.29, 0.717) is 30.3 Å². The van der Waals surface area contributed by atoms with Crippen LogP contribution in [0, 0.1) is 12.8 Å². The number of carbonyl (C=O) groups is 1. The quantitative estimate of drug-likeness (QED) is 0.820. The largest absolute Gasteiger partial charge is 0.356 e. The smallest absolute Gasteiger partial charge is 0.243 e. The molecule has 0 saturated carbocycles. The third-order valence-corrected chi connectivity index (χ3v) is 6.50. The van der Waals surface area contributed by atoms with Crippen LogP contribution in [-0.4, -0.2) is 38.3 Å². The number of piperidine rings is 1. The highest BCUT2D eigenvalue weighted by Gasteiger charge is 2.29. The van der Waals surface area contributed by atoms with Crippen LogP contribution in [-0.2, 0) is 14.8 Å². The summed E-state index contributed by atoms with van der Waals surface area (Å²) in [6.07, 6.45) is 3.97. The van der Waals surface area contributed by atoms with E-state index in [4.69, 9.17) is 0 Å². The Morgan fingerprint density at radius 3 is 2.42 bits per heavy atom. The number of nitrogens with one attached hydrogen (secondary N) is 1. The molecule has 6 heteroatoms. The van der Waals surface area contributed by atoms with Gasteiger partial charge >= 0.3 is 0 Å². The summed E-state index contributed by atoms with van der Waals surface area (Å²) in [7, 11) is -3.39. The Morgan fingerprint density at radius 1 is 1.21 bits per heavy atom. The molecule has 0 spiro atoms. The number of benzene rings is 1. The Bertz CT molecular complexity index is 633. The maximum Gasteiger partial charge on any atom is 0.243 e. The zero-order chi connectivity index (χ0) is 17.6. The lowest BCUT2D eigenvalue weighted by molar-refractivity contribution is -0.121. The summed E-state index contributed by atoms with van der Waals surface area (Å²) >= 11 is 0. The molecule has 0 bridgehead atoms. The van der Waals surface area contributed by atoms with Gasteiger partial charge in [0.25, 0.3) is 0 Å². The number of amides is 1. The van der Waals surface area contributed by atoms with Crippen molar-refractivity contribution in [3.8, 4) is 0 Å². The molecule has 1 aliphatic heterocycles. The first-order valence-electron chi connectivity index (χ1n) is 8.77. The lowest BCUT2D eigenvalue weighted by atomic mass is 9.93. The average molecular weight is 353 g/mol. The summed E-state index contributed by atoms with van der Waals surface area (Å²) in [5.41, 5.74) is 1.05. The van der Waals surface area contributed by atoms with Gasteiger partial charge in [0.1, 0.15) is 0 Å². The molecular weight excluding hydrogens is 324 g/mol. The van der Waals surface area contributed by atoms with Gasteiger partial charge in [-0.1, -0.05) is 24.6 Å². The molecule has 5 nitrogen and oxygen atoms in total. The molecule has 0 aliphatic carbocycles. The van der Waals surface area contributed by atoms with Crippen LogP contribution in [0.5, 0.6) is 0 Å². The Hall–Kier alpha value is -1.40. The Balaban J connectivity index is 1.83. The Kier molecular flexibility index (Phi) is 6.80. The van der Waals surface area contributed by atoms with Crippen molar-refractivity contribution in [2.24, 2.45) is 5.92 Å². The number of nitrogens with zero attached hydrogens (tertiary/aromatic N) is 1. The van der Waals surface area contributed by atoms with E-state index in [-0.39, 0.29) is 5.91 Å². The molecule has 1 heterocycles. The van der Waals surface area contributed by atoms with Crippen molar-refractivity contribution in [2.75, 3.05) is 19.6 Å². The summed E-state index contributed by atoms with van der Waals surface area (Å²) in [4.78, 5) is 12.0. The van der Waals surface area contributed by atoms with Crippen molar-refractivity contribution in [3.63, 3.8) is 0 Å². The molecule has 134 valence electrons. The molecule has 0 aromatic heterocycles. The highest BCUT2D eigenvalue weighted by Crippen LogP contribution is 2.26. The predicted octanol–water partition coefficient (Wildman–Crippen LogP) is 2.70. The fourth-order valence-electron chi connectivity index (χ4n) is 2.99. The van der Waals surface area contributed by atoms with E-state index in [0.717, 1.165) is 37.8 Å². The van der Waals surface area contributed by atoms with E-state index < -0.39 is 10.0 Å². The molecule has 1 fully saturated rings. The normalized spacial score (nSPS) is 16.9. The van der Waals surface area contributed by atoms with E-state index in [1.165, 1.54) is 0 Å². The van der Waals surface area contributed by atoms with Gasteiger partial charge in [0.05, 0.1) is 4.90 Å². The minimum absolute atomic E-state index is 0.103. The van der Waals surface area contributed by atoms with Crippen molar-refractivity contribution in [1.29, 1.82) is 0 Å². The van der Waals surface area contributed by atoms with Gasteiger partial charge in [0.2, 0.25) is 15.9 Å². The third-order valence-electron chi connectivity index (χ3n) is 4.58. The molecule has 0 unspecified atom stereocenters. The van der Waals surface area contributed by atoms with Crippen molar-refractivity contribution in [2.45, 2.75) is 50.8 Å².